The molecular weight excluding hydrogens is 234 g/mol. The van der Waals surface area contributed by atoms with E-state index in [1.165, 1.54) is 6.33 Å². The van der Waals surface area contributed by atoms with Gasteiger partial charge in [-0.15, -0.1) is 0 Å². The average Bonchev–Trinajstić information content (AvgIpc) is 2.87. The Morgan fingerprint density at radius 1 is 1.33 bits per heavy atom. The van der Waals surface area contributed by atoms with E-state index in [0.29, 0.717) is 11.5 Å². The number of amides is 1. The highest BCUT2D eigenvalue weighted by Gasteiger charge is 2.10. The number of carbonyl (C=O) groups is 1. The molecule has 0 unspecified atom stereocenters. The maximum Gasteiger partial charge on any atom is 0.268 e. The van der Waals surface area contributed by atoms with Crippen molar-refractivity contribution >= 4 is 5.91 Å². The van der Waals surface area contributed by atoms with Crippen LogP contribution in [0.15, 0.2) is 30.7 Å². The first-order valence-electron chi connectivity index (χ1n) is 5.22. The fraction of sp³-hybridized carbons (Fsp3) is 0.167. The second-order valence-electron chi connectivity index (χ2n) is 3.57. The molecule has 18 heavy (non-hydrogen) atoms. The molecule has 1 heterocycles. The molecule has 0 aliphatic rings. The molecule has 2 aromatic rings. The van der Waals surface area contributed by atoms with Crippen molar-refractivity contribution in [3.8, 4) is 17.2 Å². The van der Waals surface area contributed by atoms with E-state index < -0.39 is 5.91 Å². The van der Waals surface area contributed by atoms with Crippen LogP contribution in [0, 0.1) is 0 Å². The third-order valence-electron chi connectivity index (χ3n) is 2.50. The fourth-order valence-corrected chi connectivity index (χ4v) is 1.58. The molecule has 0 saturated carbocycles. The van der Waals surface area contributed by atoms with Gasteiger partial charge in [-0.1, -0.05) is 0 Å². The topological polar surface area (TPSA) is 79.4 Å². The molecule has 0 aliphatic carbocycles. The number of imidazole rings is 1. The molecule has 2 N–H and O–H groups in total. The van der Waals surface area contributed by atoms with Crippen molar-refractivity contribution in [2.24, 2.45) is 5.73 Å². The second-order valence-corrected chi connectivity index (χ2v) is 3.57. The van der Waals surface area contributed by atoms with Crippen LogP contribution in [-0.4, -0.2) is 29.7 Å². The van der Waals surface area contributed by atoms with E-state index in [1.807, 2.05) is 6.07 Å². The first-order chi connectivity index (χ1) is 8.65. The first-order valence-corrected chi connectivity index (χ1v) is 5.22. The molecule has 1 amide bonds. The molecule has 0 aliphatic heterocycles. The van der Waals surface area contributed by atoms with Crippen LogP contribution < -0.4 is 15.2 Å². The van der Waals surface area contributed by atoms with E-state index in [9.17, 15) is 4.79 Å². The maximum absolute atomic E-state index is 11.0. The van der Waals surface area contributed by atoms with Gasteiger partial charge in [-0.25, -0.2) is 4.98 Å². The molecule has 0 spiro atoms. The summed E-state index contributed by atoms with van der Waals surface area (Å²) in [6.07, 6.45) is 3.05. The van der Waals surface area contributed by atoms with Crippen LogP contribution in [-0.2, 0) is 0 Å². The van der Waals surface area contributed by atoms with E-state index in [0.717, 1.165) is 5.69 Å². The van der Waals surface area contributed by atoms with Crippen LogP contribution in [0.2, 0.25) is 0 Å². The third kappa shape index (κ3) is 2.13. The Balaban J connectivity index is 2.45. The maximum atomic E-state index is 11.0. The predicted octanol–water partition coefficient (Wildman–Crippen LogP) is 0.988. The van der Waals surface area contributed by atoms with Crippen molar-refractivity contribution in [2.45, 2.75) is 0 Å². The highest BCUT2D eigenvalue weighted by atomic mass is 16.5. The predicted molar refractivity (Wildman–Crippen MR) is 65.2 cm³/mol. The molecule has 6 heteroatoms. The van der Waals surface area contributed by atoms with Crippen molar-refractivity contribution < 1.29 is 14.3 Å². The average molecular weight is 247 g/mol. The number of carbonyl (C=O) groups excluding carboxylic acids is 1. The zero-order chi connectivity index (χ0) is 13.1. The second kappa shape index (κ2) is 4.79. The van der Waals surface area contributed by atoms with Gasteiger partial charge in [0.15, 0.2) is 0 Å². The number of ether oxygens (including phenoxy) is 2. The minimum absolute atomic E-state index is 0.202. The quantitative estimate of drug-likeness (QED) is 0.873. The van der Waals surface area contributed by atoms with E-state index in [4.69, 9.17) is 15.2 Å². The minimum Gasteiger partial charge on any atom is -0.497 e. The summed E-state index contributed by atoms with van der Waals surface area (Å²) < 4.78 is 12.0. The van der Waals surface area contributed by atoms with E-state index in [-0.39, 0.29) is 5.69 Å². The van der Waals surface area contributed by atoms with Gasteiger partial charge in [0.25, 0.3) is 5.91 Å². The molecule has 94 valence electrons. The van der Waals surface area contributed by atoms with Crippen LogP contribution in [0.25, 0.3) is 5.69 Å². The number of hydrogen-bond donors (Lipinski definition) is 1. The SMILES string of the molecule is COc1ccc(-n2cnc(C(N)=O)c2)c(OC)c1. The van der Waals surface area contributed by atoms with Gasteiger partial charge in [0.1, 0.15) is 23.5 Å². The Hall–Kier alpha value is -2.50. The molecular formula is C12H13N3O3. The van der Waals surface area contributed by atoms with Crippen LogP contribution in [0.5, 0.6) is 11.5 Å². The van der Waals surface area contributed by atoms with Crippen molar-refractivity contribution in [1.82, 2.24) is 9.55 Å². The lowest BCUT2D eigenvalue weighted by atomic mass is 10.2. The minimum atomic E-state index is -0.568. The summed E-state index contributed by atoms with van der Waals surface area (Å²) in [5, 5.41) is 0. The summed E-state index contributed by atoms with van der Waals surface area (Å²) in [6, 6.07) is 5.35. The summed E-state index contributed by atoms with van der Waals surface area (Å²) in [5.41, 5.74) is 6.11. The third-order valence-corrected chi connectivity index (χ3v) is 2.50. The lowest BCUT2D eigenvalue weighted by molar-refractivity contribution is 0.0996. The number of primary amides is 1. The summed E-state index contributed by atoms with van der Waals surface area (Å²) >= 11 is 0. The van der Waals surface area contributed by atoms with Crippen LogP contribution in [0.3, 0.4) is 0 Å². The summed E-state index contributed by atoms with van der Waals surface area (Å²) in [7, 11) is 3.14. The van der Waals surface area contributed by atoms with Gasteiger partial charge in [0.05, 0.1) is 19.9 Å². The molecule has 0 atom stereocenters. The van der Waals surface area contributed by atoms with Crippen molar-refractivity contribution in [3.63, 3.8) is 0 Å². The lowest BCUT2D eigenvalue weighted by Crippen LogP contribution is -2.11. The number of nitrogens with two attached hydrogens (primary N) is 1. The van der Waals surface area contributed by atoms with Gasteiger partial charge in [-0.3, -0.25) is 4.79 Å². The standard InChI is InChI=1S/C12H13N3O3/c1-17-8-3-4-10(11(5-8)18-2)15-6-9(12(13)16)14-7-15/h3-7H,1-2H3,(H2,13,16). The van der Waals surface area contributed by atoms with Crippen LogP contribution in [0.1, 0.15) is 10.5 Å². The number of methoxy groups -OCH3 is 2. The Morgan fingerprint density at radius 2 is 2.11 bits per heavy atom. The van der Waals surface area contributed by atoms with Gasteiger partial charge in [-0.2, -0.15) is 0 Å². The van der Waals surface area contributed by atoms with Gasteiger partial charge in [0.2, 0.25) is 0 Å². The summed E-state index contributed by atoms with van der Waals surface area (Å²) in [5.74, 6) is 0.731. The van der Waals surface area contributed by atoms with Gasteiger partial charge < -0.3 is 19.8 Å². The molecule has 0 saturated heterocycles. The highest BCUT2D eigenvalue weighted by Crippen LogP contribution is 2.27. The Kier molecular flexibility index (Phi) is 3.18. The molecule has 0 radical (unpaired) electrons. The molecule has 1 aromatic heterocycles. The molecule has 6 nitrogen and oxygen atoms in total. The lowest BCUT2D eigenvalue weighted by Gasteiger charge is -2.10. The van der Waals surface area contributed by atoms with E-state index >= 15 is 0 Å². The smallest absolute Gasteiger partial charge is 0.268 e. The van der Waals surface area contributed by atoms with E-state index in [1.54, 1.807) is 37.1 Å². The normalized spacial score (nSPS) is 10.1. The fourth-order valence-electron chi connectivity index (χ4n) is 1.58. The highest BCUT2D eigenvalue weighted by molar-refractivity contribution is 5.90. The molecule has 2 rings (SSSR count). The summed E-state index contributed by atoms with van der Waals surface area (Å²) in [4.78, 5) is 14.9. The van der Waals surface area contributed by atoms with Crippen LogP contribution in [0.4, 0.5) is 0 Å². The zero-order valence-electron chi connectivity index (χ0n) is 10.1. The molecule has 0 fully saturated rings. The van der Waals surface area contributed by atoms with Gasteiger partial charge >= 0.3 is 0 Å². The van der Waals surface area contributed by atoms with Gasteiger partial charge in [-0.05, 0) is 12.1 Å². The van der Waals surface area contributed by atoms with Crippen molar-refractivity contribution in [3.05, 3.63) is 36.4 Å². The van der Waals surface area contributed by atoms with Crippen molar-refractivity contribution in [2.75, 3.05) is 14.2 Å². The molecule has 0 bridgehead atoms. The Morgan fingerprint density at radius 3 is 2.67 bits per heavy atom. The largest absolute Gasteiger partial charge is 0.497 e. The zero-order valence-corrected chi connectivity index (χ0v) is 10.1. The summed E-state index contributed by atoms with van der Waals surface area (Å²) in [6.45, 7) is 0. The van der Waals surface area contributed by atoms with E-state index in [2.05, 4.69) is 4.98 Å². The Labute approximate surface area is 104 Å². The van der Waals surface area contributed by atoms with Crippen molar-refractivity contribution in [1.29, 1.82) is 0 Å². The number of aromatic nitrogens is 2. The number of benzene rings is 1. The Bertz CT molecular complexity index is 578. The monoisotopic (exact) mass is 247 g/mol. The number of rotatable bonds is 4. The molecule has 1 aromatic carbocycles. The van der Waals surface area contributed by atoms with Gasteiger partial charge in [0, 0.05) is 12.3 Å². The number of hydrogen-bond acceptors (Lipinski definition) is 4. The van der Waals surface area contributed by atoms with Crippen LogP contribution >= 0.6 is 0 Å². The number of nitrogens with zero attached hydrogens (tertiary/aromatic N) is 2. The first kappa shape index (κ1) is 12.0.